The van der Waals surface area contributed by atoms with Crippen molar-refractivity contribution in [2.45, 2.75) is 0 Å². The lowest BCUT2D eigenvalue weighted by molar-refractivity contribution is 1.35. The highest BCUT2D eigenvalue weighted by molar-refractivity contribution is 9.10. The molecule has 0 aliphatic carbocycles. The first-order chi connectivity index (χ1) is 15.2. The lowest BCUT2D eigenvalue weighted by atomic mass is 9.96. The topological polar surface area (TPSA) is 4.41 Å². The van der Waals surface area contributed by atoms with E-state index in [0.29, 0.717) is 0 Å². The van der Waals surface area contributed by atoms with Gasteiger partial charge in [0, 0.05) is 31.0 Å². The van der Waals surface area contributed by atoms with E-state index in [1.54, 1.807) is 0 Å². The van der Waals surface area contributed by atoms with E-state index in [1.807, 2.05) is 12.1 Å². The minimum atomic E-state index is 0.729. The molecule has 0 amide bonds. The van der Waals surface area contributed by atoms with E-state index < -0.39 is 0 Å². The van der Waals surface area contributed by atoms with E-state index in [9.17, 15) is 0 Å². The molecule has 3 heteroatoms. The van der Waals surface area contributed by atoms with Crippen LogP contribution >= 0.6 is 27.5 Å². The second kappa shape index (κ2) is 6.23. The smallest absolute Gasteiger partial charge is 0.0626 e. The lowest BCUT2D eigenvalue weighted by Gasteiger charge is -2.12. The first-order valence-electron chi connectivity index (χ1n) is 10.3. The summed E-state index contributed by atoms with van der Waals surface area (Å²) in [5, 5.41) is 8.45. The molecule has 7 aromatic rings. The van der Waals surface area contributed by atoms with Crippen LogP contribution in [0, 0.1) is 0 Å². The minimum Gasteiger partial charge on any atom is -0.308 e. The van der Waals surface area contributed by atoms with Crippen LogP contribution in [-0.4, -0.2) is 4.40 Å². The first-order valence-corrected chi connectivity index (χ1v) is 11.4. The third-order valence-corrected chi connectivity index (χ3v) is 7.08. The molecule has 0 saturated heterocycles. The van der Waals surface area contributed by atoms with Crippen molar-refractivity contribution in [1.29, 1.82) is 0 Å². The highest BCUT2D eigenvalue weighted by atomic mass is 79.9. The Balaban J connectivity index is 1.81. The predicted octanol–water partition coefficient (Wildman–Crippen LogP) is 9.07. The van der Waals surface area contributed by atoms with E-state index >= 15 is 0 Å². The van der Waals surface area contributed by atoms with Gasteiger partial charge in [0.2, 0.25) is 0 Å². The Morgan fingerprint density at radius 3 is 2.35 bits per heavy atom. The molecule has 146 valence electrons. The predicted molar refractivity (Wildman–Crippen MR) is 137 cm³/mol. The van der Waals surface area contributed by atoms with Crippen molar-refractivity contribution in [3.63, 3.8) is 0 Å². The number of rotatable bonds is 1. The van der Waals surface area contributed by atoms with Gasteiger partial charge in [0.25, 0.3) is 0 Å². The number of aromatic nitrogens is 1. The van der Waals surface area contributed by atoms with Gasteiger partial charge in [0.1, 0.15) is 0 Å². The summed E-state index contributed by atoms with van der Waals surface area (Å²) in [4.78, 5) is 0. The second-order valence-corrected chi connectivity index (χ2v) is 9.43. The molecule has 2 aromatic heterocycles. The van der Waals surface area contributed by atoms with E-state index in [2.05, 4.69) is 99.2 Å². The van der Waals surface area contributed by atoms with Gasteiger partial charge in [-0.15, -0.1) is 0 Å². The molecule has 0 saturated carbocycles. The van der Waals surface area contributed by atoms with Crippen LogP contribution in [0.5, 0.6) is 0 Å². The van der Waals surface area contributed by atoms with Crippen molar-refractivity contribution >= 4 is 76.4 Å². The summed E-state index contributed by atoms with van der Waals surface area (Å²) in [5.41, 5.74) is 6.05. The molecule has 0 fully saturated rings. The summed E-state index contributed by atoms with van der Waals surface area (Å²) >= 11 is 10.0. The summed E-state index contributed by atoms with van der Waals surface area (Å²) in [5.74, 6) is 0. The van der Waals surface area contributed by atoms with Crippen LogP contribution in [-0.2, 0) is 0 Å². The standard InChI is InChI=1S/C28H15BrClN/c29-18-13-17(14-19(30)15-18)20-7-4-10-25-27(20)23-12-11-16-5-3-8-22-21-6-1-2-9-24(21)31(25)28(23)26(16)22/h1-15H. The maximum absolute atomic E-state index is 6.42. The van der Waals surface area contributed by atoms with Gasteiger partial charge in [0.05, 0.1) is 16.6 Å². The van der Waals surface area contributed by atoms with Crippen LogP contribution in [0.1, 0.15) is 0 Å². The van der Waals surface area contributed by atoms with E-state index in [4.69, 9.17) is 11.6 Å². The first kappa shape index (κ1) is 17.6. The Hall–Kier alpha value is -3.07. The number of hydrogen-bond donors (Lipinski definition) is 0. The molecule has 5 aromatic carbocycles. The SMILES string of the molecule is Clc1cc(Br)cc(-c2cccc3c2c2ccc4cccc5c6ccccc6n3c2c45)c1. The third-order valence-electron chi connectivity index (χ3n) is 6.40. The highest BCUT2D eigenvalue weighted by Crippen LogP contribution is 2.44. The number of pyridine rings is 1. The Labute approximate surface area is 191 Å². The number of hydrogen-bond acceptors (Lipinski definition) is 0. The summed E-state index contributed by atoms with van der Waals surface area (Å²) in [6, 6.07) is 32.6. The molecular weight excluding hydrogens is 466 g/mol. The van der Waals surface area contributed by atoms with Crippen LogP contribution in [0.15, 0.2) is 95.5 Å². The minimum absolute atomic E-state index is 0.729. The Morgan fingerprint density at radius 2 is 1.45 bits per heavy atom. The van der Waals surface area contributed by atoms with Crippen LogP contribution in [0.4, 0.5) is 0 Å². The number of para-hydroxylation sites is 1. The fourth-order valence-electron chi connectivity index (χ4n) is 5.24. The van der Waals surface area contributed by atoms with Crippen molar-refractivity contribution in [2.24, 2.45) is 0 Å². The Kier molecular flexibility index (Phi) is 3.53. The molecule has 0 radical (unpaired) electrons. The van der Waals surface area contributed by atoms with Crippen molar-refractivity contribution in [1.82, 2.24) is 4.40 Å². The molecule has 0 unspecified atom stereocenters. The van der Waals surface area contributed by atoms with Crippen molar-refractivity contribution in [2.75, 3.05) is 0 Å². The van der Waals surface area contributed by atoms with Gasteiger partial charge in [-0.1, -0.05) is 88.2 Å². The summed E-state index contributed by atoms with van der Waals surface area (Å²) in [6.07, 6.45) is 0. The maximum atomic E-state index is 6.42. The molecular formula is C28H15BrClN. The summed E-state index contributed by atoms with van der Waals surface area (Å²) in [7, 11) is 0. The molecule has 0 spiro atoms. The number of halogens is 2. The van der Waals surface area contributed by atoms with E-state index in [-0.39, 0.29) is 0 Å². The number of fused-ring (bicyclic) bond motifs is 6. The van der Waals surface area contributed by atoms with Crippen LogP contribution in [0.3, 0.4) is 0 Å². The molecule has 1 nitrogen and oxygen atoms in total. The Bertz CT molecular complexity index is 1780. The van der Waals surface area contributed by atoms with Gasteiger partial charge in [-0.3, -0.25) is 0 Å². The van der Waals surface area contributed by atoms with Crippen LogP contribution < -0.4 is 0 Å². The van der Waals surface area contributed by atoms with Crippen molar-refractivity contribution in [3.8, 4) is 11.1 Å². The zero-order valence-electron chi connectivity index (χ0n) is 16.4. The maximum Gasteiger partial charge on any atom is 0.0626 e. The fraction of sp³-hybridized carbons (Fsp3) is 0. The van der Waals surface area contributed by atoms with Crippen LogP contribution in [0.25, 0.3) is 60.0 Å². The van der Waals surface area contributed by atoms with E-state index in [0.717, 1.165) is 15.1 Å². The van der Waals surface area contributed by atoms with Gasteiger partial charge in [-0.2, -0.15) is 0 Å². The normalized spacial score (nSPS) is 12.2. The highest BCUT2D eigenvalue weighted by Gasteiger charge is 2.20. The van der Waals surface area contributed by atoms with Gasteiger partial charge in [0.15, 0.2) is 0 Å². The van der Waals surface area contributed by atoms with Crippen LogP contribution in [0.2, 0.25) is 5.02 Å². The molecule has 0 N–H and O–H groups in total. The molecule has 0 aliphatic heterocycles. The Morgan fingerprint density at radius 1 is 0.645 bits per heavy atom. The van der Waals surface area contributed by atoms with Gasteiger partial charge in [-0.25, -0.2) is 0 Å². The summed E-state index contributed by atoms with van der Waals surface area (Å²) < 4.78 is 3.43. The molecule has 0 aliphatic rings. The molecule has 0 atom stereocenters. The number of benzene rings is 5. The lowest BCUT2D eigenvalue weighted by Crippen LogP contribution is -1.91. The average Bonchev–Trinajstić information content (AvgIpc) is 3.13. The fourth-order valence-corrected chi connectivity index (χ4v) is 6.11. The van der Waals surface area contributed by atoms with Crippen molar-refractivity contribution in [3.05, 3.63) is 100 Å². The van der Waals surface area contributed by atoms with E-state index in [1.165, 1.54) is 54.4 Å². The zero-order valence-corrected chi connectivity index (χ0v) is 18.7. The third kappa shape index (κ3) is 2.32. The molecule has 31 heavy (non-hydrogen) atoms. The quantitative estimate of drug-likeness (QED) is 0.163. The van der Waals surface area contributed by atoms with Gasteiger partial charge >= 0.3 is 0 Å². The van der Waals surface area contributed by atoms with Crippen molar-refractivity contribution < 1.29 is 0 Å². The summed E-state index contributed by atoms with van der Waals surface area (Å²) in [6.45, 7) is 0. The molecule has 7 rings (SSSR count). The molecule has 0 bridgehead atoms. The second-order valence-electron chi connectivity index (χ2n) is 8.08. The number of nitrogens with zero attached hydrogens (tertiary/aromatic N) is 1. The average molecular weight is 481 g/mol. The molecule has 2 heterocycles. The largest absolute Gasteiger partial charge is 0.308 e. The van der Waals surface area contributed by atoms with Gasteiger partial charge in [-0.05, 0) is 52.2 Å². The van der Waals surface area contributed by atoms with Gasteiger partial charge < -0.3 is 4.40 Å². The zero-order chi connectivity index (χ0) is 20.7. The monoisotopic (exact) mass is 479 g/mol.